The van der Waals surface area contributed by atoms with Crippen molar-refractivity contribution in [1.29, 1.82) is 0 Å². The van der Waals surface area contributed by atoms with Crippen LogP contribution in [0.5, 0.6) is 0 Å². The third-order valence-electron chi connectivity index (χ3n) is 3.81. The topological polar surface area (TPSA) is 49.4 Å². The van der Waals surface area contributed by atoms with E-state index in [1.54, 1.807) is 11.8 Å². The lowest BCUT2D eigenvalue weighted by Crippen LogP contribution is -2.50. The number of hydrogen-bond donors (Lipinski definition) is 1. The fourth-order valence-corrected chi connectivity index (χ4v) is 3.35. The SMILES string of the molecule is CCC(CSC)N1CCC(=O)NC(C2CC2)C1=O. The Kier molecular flexibility index (Phi) is 4.54. The van der Waals surface area contributed by atoms with Crippen LogP contribution >= 0.6 is 11.8 Å². The zero-order chi connectivity index (χ0) is 13.1. The summed E-state index contributed by atoms with van der Waals surface area (Å²) < 4.78 is 0. The number of amides is 2. The van der Waals surface area contributed by atoms with E-state index in [0.29, 0.717) is 18.9 Å². The maximum absolute atomic E-state index is 12.5. The highest BCUT2D eigenvalue weighted by atomic mass is 32.2. The van der Waals surface area contributed by atoms with Gasteiger partial charge in [-0.05, 0) is 31.4 Å². The average molecular weight is 270 g/mol. The summed E-state index contributed by atoms with van der Waals surface area (Å²) in [6.45, 7) is 2.69. The van der Waals surface area contributed by atoms with E-state index < -0.39 is 0 Å². The molecule has 0 aromatic heterocycles. The normalized spacial score (nSPS) is 26.8. The number of carbonyl (C=O) groups is 2. The summed E-state index contributed by atoms with van der Waals surface area (Å²) in [5.41, 5.74) is 0. The Morgan fingerprint density at radius 3 is 2.72 bits per heavy atom. The predicted octanol–water partition coefficient (Wildman–Crippen LogP) is 1.26. The Morgan fingerprint density at radius 1 is 1.44 bits per heavy atom. The molecule has 1 saturated heterocycles. The first-order valence-corrected chi connectivity index (χ1v) is 8.15. The van der Waals surface area contributed by atoms with E-state index in [4.69, 9.17) is 0 Å². The van der Waals surface area contributed by atoms with Gasteiger partial charge < -0.3 is 10.2 Å². The molecule has 2 unspecified atom stereocenters. The molecule has 0 radical (unpaired) electrons. The molecule has 2 amide bonds. The zero-order valence-corrected chi connectivity index (χ0v) is 12.0. The van der Waals surface area contributed by atoms with Crippen LogP contribution in [-0.4, -0.2) is 47.4 Å². The number of nitrogens with zero attached hydrogens (tertiary/aromatic N) is 1. The van der Waals surface area contributed by atoms with Crippen LogP contribution in [0.2, 0.25) is 0 Å². The smallest absolute Gasteiger partial charge is 0.245 e. The summed E-state index contributed by atoms with van der Waals surface area (Å²) in [5, 5.41) is 2.90. The second kappa shape index (κ2) is 5.95. The summed E-state index contributed by atoms with van der Waals surface area (Å²) in [4.78, 5) is 26.2. The first-order valence-electron chi connectivity index (χ1n) is 6.76. The maximum atomic E-state index is 12.5. The highest BCUT2D eigenvalue weighted by Crippen LogP contribution is 2.34. The van der Waals surface area contributed by atoms with Crippen LogP contribution in [0.1, 0.15) is 32.6 Å². The van der Waals surface area contributed by atoms with Crippen LogP contribution in [0.15, 0.2) is 0 Å². The molecule has 1 N–H and O–H groups in total. The Morgan fingerprint density at radius 2 is 2.17 bits per heavy atom. The highest BCUT2D eigenvalue weighted by Gasteiger charge is 2.42. The monoisotopic (exact) mass is 270 g/mol. The minimum absolute atomic E-state index is 0.0294. The fourth-order valence-electron chi connectivity index (χ4n) is 2.55. The molecule has 0 aromatic carbocycles. The van der Waals surface area contributed by atoms with Crippen molar-refractivity contribution in [3.8, 4) is 0 Å². The lowest BCUT2D eigenvalue weighted by Gasteiger charge is -2.31. The molecule has 2 atom stereocenters. The van der Waals surface area contributed by atoms with Gasteiger partial charge in [-0.1, -0.05) is 6.92 Å². The second-order valence-corrected chi connectivity index (χ2v) is 6.09. The molecule has 1 aliphatic heterocycles. The Labute approximate surface area is 113 Å². The Balaban J connectivity index is 2.11. The average Bonchev–Trinajstić information content (AvgIpc) is 3.17. The minimum Gasteiger partial charge on any atom is -0.344 e. The van der Waals surface area contributed by atoms with E-state index in [2.05, 4.69) is 18.5 Å². The van der Waals surface area contributed by atoms with Crippen LogP contribution in [0.25, 0.3) is 0 Å². The second-order valence-electron chi connectivity index (χ2n) is 5.18. The van der Waals surface area contributed by atoms with E-state index in [1.807, 2.05) is 4.90 Å². The largest absolute Gasteiger partial charge is 0.344 e. The van der Waals surface area contributed by atoms with Crippen LogP contribution in [-0.2, 0) is 9.59 Å². The molecule has 0 bridgehead atoms. The molecule has 0 aromatic rings. The molecule has 0 spiro atoms. The van der Waals surface area contributed by atoms with Gasteiger partial charge in [-0.25, -0.2) is 0 Å². The number of hydrogen-bond acceptors (Lipinski definition) is 3. The van der Waals surface area contributed by atoms with Gasteiger partial charge in [0.15, 0.2) is 0 Å². The minimum atomic E-state index is -0.254. The van der Waals surface area contributed by atoms with E-state index in [1.165, 1.54) is 0 Å². The quantitative estimate of drug-likeness (QED) is 0.818. The Hall–Kier alpha value is -0.710. The maximum Gasteiger partial charge on any atom is 0.245 e. The van der Waals surface area contributed by atoms with Crippen molar-refractivity contribution in [3.63, 3.8) is 0 Å². The van der Waals surface area contributed by atoms with Crippen molar-refractivity contribution in [2.45, 2.75) is 44.7 Å². The molecule has 4 nitrogen and oxygen atoms in total. The van der Waals surface area contributed by atoms with Crippen molar-refractivity contribution in [2.75, 3.05) is 18.6 Å². The van der Waals surface area contributed by atoms with Crippen LogP contribution < -0.4 is 5.32 Å². The third-order valence-corrected chi connectivity index (χ3v) is 4.53. The van der Waals surface area contributed by atoms with Gasteiger partial charge in [-0.2, -0.15) is 11.8 Å². The standard InChI is InChI=1S/C13H22N2O2S/c1-3-10(8-18-2)15-7-6-11(16)14-12(13(15)17)9-4-5-9/h9-10,12H,3-8H2,1-2H3,(H,14,16). The van der Waals surface area contributed by atoms with E-state index in [9.17, 15) is 9.59 Å². The molecule has 5 heteroatoms. The first kappa shape index (κ1) is 13.7. The highest BCUT2D eigenvalue weighted by molar-refractivity contribution is 7.98. The Bertz CT molecular complexity index is 331. The van der Waals surface area contributed by atoms with E-state index in [-0.39, 0.29) is 23.9 Å². The predicted molar refractivity (Wildman–Crippen MR) is 73.4 cm³/mol. The van der Waals surface area contributed by atoms with E-state index >= 15 is 0 Å². The molecule has 1 heterocycles. The van der Waals surface area contributed by atoms with E-state index in [0.717, 1.165) is 25.0 Å². The lowest BCUT2D eigenvalue weighted by molar-refractivity contribution is -0.135. The summed E-state index contributed by atoms with van der Waals surface area (Å²) in [5.74, 6) is 1.51. The van der Waals surface area contributed by atoms with Gasteiger partial charge in [0.2, 0.25) is 11.8 Å². The lowest BCUT2D eigenvalue weighted by atomic mass is 10.1. The van der Waals surface area contributed by atoms with Crippen LogP contribution in [0.3, 0.4) is 0 Å². The summed E-state index contributed by atoms with van der Waals surface area (Å²) in [6, 6.07) is 0.0114. The van der Waals surface area contributed by atoms with Crippen molar-refractivity contribution in [3.05, 3.63) is 0 Å². The number of carbonyl (C=O) groups excluding carboxylic acids is 2. The molecule has 1 aliphatic carbocycles. The van der Waals surface area contributed by atoms with Gasteiger partial charge in [-0.15, -0.1) is 0 Å². The van der Waals surface area contributed by atoms with Crippen molar-refractivity contribution < 1.29 is 9.59 Å². The van der Waals surface area contributed by atoms with Gasteiger partial charge in [0.1, 0.15) is 6.04 Å². The molecule has 102 valence electrons. The third kappa shape index (κ3) is 2.99. The molecular weight excluding hydrogens is 248 g/mol. The fraction of sp³-hybridized carbons (Fsp3) is 0.846. The van der Waals surface area contributed by atoms with Gasteiger partial charge in [0.05, 0.1) is 0 Å². The first-order chi connectivity index (χ1) is 8.67. The van der Waals surface area contributed by atoms with Gasteiger partial charge in [0.25, 0.3) is 0 Å². The number of thioether (sulfide) groups is 1. The molecule has 2 fully saturated rings. The summed E-state index contributed by atoms with van der Waals surface area (Å²) in [6.07, 6.45) is 5.61. The van der Waals surface area contributed by atoms with Gasteiger partial charge in [-0.3, -0.25) is 9.59 Å². The van der Waals surface area contributed by atoms with Crippen LogP contribution in [0, 0.1) is 5.92 Å². The van der Waals surface area contributed by atoms with Crippen LogP contribution in [0.4, 0.5) is 0 Å². The van der Waals surface area contributed by atoms with Gasteiger partial charge >= 0.3 is 0 Å². The van der Waals surface area contributed by atoms with Crippen molar-refractivity contribution in [2.24, 2.45) is 5.92 Å². The molecule has 2 rings (SSSR count). The molecular formula is C13H22N2O2S. The van der Waals surface area contributed by atoms with Crippen molar-refractivity contribution in [1.82, 2.24) is 10.2 Å². The number of rotatable bonds is 5. The summed E-state index contributed by atoms with van der Waals surface area (Å²) >= 11 is 1.76. The zero-order valence-electron chi connectivity index (χ0n) is 11.1. The van der Waals surface area contributed by atoms with Gasteiger partial charge in [0, 0.05) is 24.8 Å². The molecule has 18 heavy (non-hydrogen) atoms. The summed E-state index contributed by atoms with van der Waals surface area (Å²) in [7, 11) is 0. The molecule has 1 saturated carbocycles. The molecule has 2 aliphatic rings. The van der Waals surface area contributed by atoms with Crippen molar-refractivity contribution >= 4 is 23.6 Å². The number of nitrogens with one attached hydrogen (secondary N) is 1.